The first-order chi connectivity index (χ1) is 11.6. The highest BCUT2D eigenvalue weighted by atomic mass is 16.5. The number of rotatable bonds is 5. The summed E-state index contributed by atoms with van der Waals surface area (Å²) >= 11 is 0. The number of hydrogen-bond acceptors (Lipinski definition) is 6. The van der Waals surface area contributed by atoms with Crippen molar-refractivity contribution in [3.8, 4) is 11.6 Å². The average Bonchev–Trinajstić information content (AvgIpc) is 3.21. The van der Waals surface area contributed by atoms with Crippen molar-refractivity contribution in [2.24, 2.45) is 0 Å². The predicted molar refractivity (Wildman–Crippen MR) is 83.4 cm³/mol. The van der Waals surface area contributed by atoms with Crippen LogP contribution in [0.1, 0.15) is 16.1 Å². The summed E-state index contributed by atoms with van der Waals surface area (Å²) < 4.78 is 12.6. The molecule has 0 saturated carbocycles. The van der Waals surface area contributed by atoms with Crippen LogP contribution in [0.25, 0.3) is 5.82 Å². The van der Waals surface area contributed by atoms with Crippen LogP contribution in [0, 0.1) is 0 Å². The van der Waals surface area contributed by atoms with Gasteiger partial charge in [-0.2, -0.15) is 10.2 Å². The molecule has 0 bridgehead atoms. The zero-order valence-corrected chi connectivity index (χ0v) is 13.1. The molecule has 1 N–H and O–H groups in total. The Labute approximate surface area is 136 Å². The van der Waals surface area contributed by atoms with Crippen LogP contribution in [0.4, 0.5) is 0 Å². The van der Waals surface area contributed by atoms with Gasteiger partial charge < -0.3 is 9.47 Å². The highest BCUT2D eigenvalue weighted by Crippen LogP contribution is 2.15. The Bertz CT molecular complexity index is 907. The average molecular weight is 329 g/mol. The summed E-state index contributed by atoms with van der Waals surface area (Å²) in [7, 11) is 2.88. The zero-order valence-electron chi connectivity index (χ0n) is 13.1. The monoisotopic (exact) mass is 329 g/mol. The predicted octanol–water partition coefficient (Wildman–Crippen LogP) is 0.601. The van der Waals surface area contributed by atoms with Gasteiger partial charge in [-0.15, -0.1) is 0 Å². The van der Waals surface area contributed by atoms with E-state index < -0.39 is 11.7 Å². The highest BCUT2D eigenvalue weighted by Gasteiger charge is 2.18. The summed E-state index contributed by atoms with van der Waals surface area (Å²) in [6.07, 6.45) is 1.30. The molecule has 0 radical (unpaired) electrons. The summed E-state index contributed by atoms with van der Waals surface area (Å²) in [5, 5.41) is 10.2. The molecule has 0 spiro atoms. The van der Waals surface area contributed by atoms with Crippen LogP contribution in [0.5, 0.6) is 5.75 Å². The van der Waals surface area contributed by atoms with Crippen LogP contribution >= 0.6 is 0 Å². The fraction of sp³-hybridized carbons (Fsp3) is 0.200. The van der Waals surface area contributed by atoms with Crippen molar-refractivity contribution in [3.63, 3.8) is 0 Å². The lowest BCUT2D eigenvalue weighted by Gasteiger charge is -2.07. The number of carbonyl (C=O) groups is 1. The van der Waals surface area contributed by atoms with E-state index in [0.29, 0.717) is 6.54 Å². The van der Waals surface area contributed by atoms with Gasteiger partial charge in [0.15, 0.2) is 5.82 Å². The first kappa shape index (κ1) is 15.5. The number of esters is 1. The largest absolute Gasteiger partial charge is 0.497 e. The second-order valence-electron chi connectivity index (χ2n) is 4.92. The van der Waals surface area contributed by atoms with Crippen LogP contribution < -0.4 is 10.4 Å². The molecule has 0 fully saturated rings. The number of aromatic amines is 1. The number of carbonyl (C=O) groups excluding carboxylic acids is 1. The van der Waals surface area contributed by atoms with Gasteiger partial charge in [-0.3, -0.25) is 4.68 Å². The van der Waals surface area contributed by atoms with E-state index in [1.165, 1.54) is 28.8 Å². The minimum Gasteiger partial charge on any atom is -0.497 e. The molecule has 0 atom stereocenters. The number of hydrogen-bond donors (Lipinski definition) is 1. The SMILES string of the molecule is COC(=O)c1cc(-n2cn[nH]c2=O)nn1Cc1ccc(OC)cc1. The lowest BCUT2D eigenvalue weighted by molar-refractivity contribution is 0.0587. The molecule has 1 aromatic carbocycles. The molecule has 9 heteroatoms. The number of nitrogens with one attached hydrogen (secondary N) is 1. The van der Waals surface area contributed by atoms with Crippen molar-refractivity contribution in [1.29, 1.82) is 0 Å². The molecule has 3 rings (SSSR count). The fourth-order valence-electron chi connectivity index (χ4n) is 2.23. The van der Waals surface area contributed by atoms with Crippen LogP contribution in [0.3, 0.4) is 0 Å². The van der Waals surface area contributed by atoms with E-state index in [4.69, 9.17) is 9.47 Å². The van der Waals surface area contributed by atoms with E-state index in [-0.39, 0.29) is 11.5 Å². The summed E-state index contributed by atoms with van der Waals surface area (Å²) in [5.74, 6) is 0.472. The molecule has 3 aromatic rings. The van der Waals surface area contributed by atoms with Gasteiger partial charge in [-0.25, -0.2) is 19.3 Å². The van der Waals surface area contributed by atoms with Crippen molar-refractivity contribution < 1.29 is 14.3 Å². The first-order valence-corrected chi connectivity index (χ1v) is 7.04. The smallest absolute Gasteiger partial charge is 0.356 e. The number of aromatic nitrogens is 5. The zero-order chi connectivity index (χ0) is 17.1. The number of benzene rings is 1. The van der Waals surface area contributed by atoms with Gasteiger partial charge in [-0.1, -0.05) is 12.1 Å². The van der Waals surface area contributed by atoms with Crippen molar-refractivity contribution >= 4 is 5.97 Å². The summed E-state index contributed by atoms with van der Waals surface area (Å²) in [6.45, 7) is 0.334. The Kier molecular flexibility index (Phi) is 4.15. The summed E-state index contributed by atoms with van der Waals surface area (Å²) in [5.41, 5.74) is 0.701. The summed E-state index contributed by atoms with van der Waals surface area (Å²) in [4.78, 5) is 23.7. The van der Waals surface area contributed by atoms with Crippen molar-refractivity contribution in [2.45, 2.75) is 6.54 Å². The number of ether oxygens (including phenoxy) is 2. The maximum Gasteiger partial charge on any atom is 0.356 e. The van der Waals surface area contributed by atoms with Crippen LogP contribution in [0.15, 0.2) is 41.5 Å². The van der Waals surface area contributed by atoms with Crippen LogP contribution in [-0.2, 0) is 11.3 Å². The van der Waals surface area contributed by atoms with E-state index in [1.54, 1.807) is 7.11 Å². The van der Waals surface area contributed by atoms with E-state index >= 15 is 0 Å². The molecular formula is C15H15N5O4. The molecule has 24 heavy (non-hydrogen) atoms. The van der Waals surface area contributed by atoms with E-state index in [1.807, 2.05) is 24.3 Å². The Morgan fingerprint density at radius 3 is 2.58 bits per heavy atom. The number of methoxy groups -OCH3 is 2. The van der Waals surface area contributed by atoms with Gasteiger partial charge in [0.1, 0.15) is 17.8 Å². The van der Waals surface area contributed by atoms with Gasteiger partial charge in [0, 0.05) is 6.07 Å². The maximum absolute atomic E-state index is 12.0. The molecule has 0 saturated heterocycles. The minimum absolute atomic E-state index is 0.233. The Hall–Kier alpha value is -3.36. The van der Waals surface area contributed by atoms with Crippen molar-refractivity contribution in [1.82, 2.24) is 24.5 Å². The summed E-state index contributed by atoms with van der Waals surface area (Å²) in [6, 6.07) is 8.85. The first-order valence-electron chi connectivity index (χ1n) is 7.04. The minimum atomic E-state index is -0.543. The molecule has 0 aliphatic carbocycles. The number of nitrogens with zero attached hydrogens (tertiary/aromatic N) is 4. The molecule has 9 nitrogen and oxygen atoms in total. The van der Waals surface area contributed by atoms with E-state index in [9.17, 15) is 9.59 Å². The second-order valence-corrected chi connectivity index (χ2v) is 4.92. The van der Waals surface area contributed by atoms with E-state index in [2.05, 4.69) is 15.3 Å². The third-order valence-corrected chi connectivity index (χ3v) is 3.45. The Morgan fingerprint density at radius 2 is 2.00 bits per heavy atom. The van der Waals surface area contributed by atoms with Crippen LogP contribution in [-0.4, -0.2) is 44.7 Å². The third-order valence-electron chi connectivity index (χ3n) is 3.45. The normalized spacial score (nSPS) is 10.6. The topological polar surface area (TPSA) is 104 Å². The quantitative estimate of drug-likeness (QED) is 0.688. The maximum atomic E-state index is 12.0. The number of H-pyrrole nitrogens is 1. The second kappa shape index (κ2) is 6.41. The molecule has 0 aliphatic heterocycles. The van der Waals surface area contributed by atoms with Crippen molar-refractivity contribution in [2.75, 3.05) is 14.2 Å². The molecule has 2 heterocycles. The van der Waals surface area contributed by atoms with Gasteiger partial charge in [0.05, 0.1) is 20.8 Å². The standard InChI is InChI=1S/C15H15N5O4/c1-23-11-5-3-10(4-6-11)8-20-12(14(21)24-2)7-13(18-20)19-9-16-17-15(19)22/h3-7,9H,8H2,1-2H3,(H,17,22). The van der Waals surface area contributed by atoms with Gasteiger partial charge in [-0.05, 0) is 17.7 Å². The Morgan fingerprint density at radius 1 is 1.25 bits per heavy atom. The Balaban J connectivity index is 1.98. The van der Waals surface area contributed by atoms with Gasteiger partial charge >= 0.3 is 11.7 Å². The van der Waals surface area contributed by atoms with Gasteiger partial charge in [0.25, 0.3) is 0 Å². The molecule has 0 unspecified atom stereocenters. The van der Waals surface area contributed by atoms with Gasteiger partial charge in [0.2, 0.25) is 0 Å². The molecular weight excluding hydrogens is 314 g/mol. The van der Waals surface area contributed by atoms with Crippen LogP contribution in [0.2, 0.25) is 0 Å². The van der Waals surface area contributed by atoms with Crippen molar-refractivity contribution in [3.05, 3.63) is 58.4 Å². The lowest BCUT2D eigenvalue weighted by Crippen LogP contribution is -2.15. The van der Waals surface area contributed by atoms with E-state index in [0.717, 1.165) is 11.3 Å². The lowest BCUT2D eigenvalue weighted by atomic mass is 10.2. The highest BCUT2D eigenvalue weighted by molar-refractivity contribution is 5.88. The molecule has 0 amide bonds. The molecule has 2 aromatic heterocycles. The third kappa shape index (κ3) is 2.91. The molecule has 0 aliphatic rings. The fourth-order valence-corrected chi connectivity index (χ4v) is 2.23. The molecule has 124 valence electrons.